The van der Waals surface area contributed by atoms with Crippen molar-refractivity contribution in [1.29, 1.82) is 0 Å². The van der Waals surface area contributed by atoms with Crippen molar-refractivity contribution in [3.05, 3.63) is 0 Å². The van der Waals surface area contributed by atoms with Gasteiger partial charge in [0.1, 0.15) is 12.3 Å². The molecule has 0 radical (unpaired) electrons. The summed E-state index contributed by atoms with van der Waals surface area (Å²) in [5, 5.41) is 0. The molecule has 3 saturated carbocycles. The van der Waals surface area contributed by atoms with Crippen LogP contribution < -0.4 is 0 Å². The van der Waals surface area contributed by atoms with Gasteiger partial charge in [-0.15, -0.1) is 0 Å². The monoisotopic (exact) mass is 372 g/mol. The van der Waals surface area contributed by atoms with Gasteiger partial charge in [0.25, 0.3) is 0 Å². The van der Waals surface area contributed by atoms with Crippen LogP contribution in [-0.4, -0.2) is 18.5 Å². The lowest BCUT2D eigenvalue weighted by Crippen LogP contribution is -2.37. The van der Waals surface area contributed by atoms with Crippen LogP contribution in [0.1, 0.15) is 96.8 Å². The van der Waals surface area contributed by atoms with Crippen LogP contribution in [-0.2, 0) is 0 Å². The molecule has 152 valence electrons. The van der Waals surface area contributed by atoms with E-state index in [2.05, 4.69) is 6.92 Å². The predicted octanol–water partition coefficient (Wildman–Crippen LogP) is 7.60. The SMILES string of the molecule is CCCC1CCC(C2CCC(CCC3CC(F)C(F)C(F)C3)CC2)CC1. The molecule has 0 N–H and O–H groups in total. The average molecular weight is 373 g/mol. The third-order valence-electron chi connectivity index (χ3n) is 7.94. The molecule has 0 nitrogen and oxygen atoms in total. The first-order valence-corrected chi connectivity index (χ1v) is 11.5. The molecule has 2 unspecified atom stereocenters. The van der Waals surface area contributed by atoms with Gasteiger partial charge in [-0.1, -0.05) is 51.9 Å². The lowest BCUT2D eigenvalue weighted by atomic mass is 9.68. The number of hydrogen-bond acceptors (Lipinski definition) is 0. The molecule has 0 heterocycles. The third-order valence-corrected chi connectivity index (χ3v) is 7.94. The van der Waals surface area contributed by atoms with Gasteiger partial charge in [-0.05, 0) is 74.5 Å². The molecule has 0 amide bonds. The first-order chi connectivity index (χ1) is 12.6. The smallest absolute Gasteiger partial charge is 0.162 e. The molecular weight excluding hydrogens is 333 g/mol. The van der Waals surface area contributed by atoms with Crippen molar-refractivity contribution < 1.29 is 13.2 Å². The Morgan fingerprint density at radius 3 is 1.46 bits per heavy atom. The summed E-state index contributed by atoms with van der Waals surface area (Å²) in [4.78, 5) is 0. The van der Waals surface area contributed by atoms with Crippen LogP contribution in [0.3, 0.4) is 0 Å². The first-order valence-electron chi connectivity index (χ1n) is 11.5. The Hall–Kier alpha value is -0.210. The van der Waals surface area contributed by atoms with Gasteiger partial charge in [0.15, 0.2) is 6.17 Å². The number of rotatable bonds is 6. The van der Waals surface area contributed by atoms with E-state index in [0.717, 1.165) is 36.5 Å². The van der Waals surface area contributed by atoms with E-state index < -0.39 is 18.5 Å². The standard InChI is InChI=1S/C23H39F3/c1-2-3-16-6-10-19(11-7-16)20-12-8-17(9-13-20)4-5-18-14-21(24)23(26)22(25)15-18/h16-23H,2-15H2,1H3. The molecule has 0 aromatic heterocycles. The summed E-state index contributed by atoms with van der Waals surface area (Å²) in [5.74, 6) is 3.68. The number of hydrogen-bond donors (Lipinski definition) is 0. The Labute approximate surface area is 158 Å². The molecule has 3 rings (SSSR count). The Balaban J connectivity index is 1.33. The topological polar surface area (TPSA) is 0 Å². The van der Waals surface area contributed by atoms with Crippen molar-refractivity contribution in [2.24, 2.45) is 29.6 Å². The van der Waals surface area contributed by atoms with Gasteiger partial charge >= 0.3 is 0 Å². The van der Waals surface area contributed by atoms with Crippen LogP contribution in [0.2, 0.25) is 0 Å². The van der Waals surface area contributed by atoms with Gasteiger partial charge < -0.3 is 0 Å². The molecule has 2 atom stereocenters. The maximum absolute atomic E-state index is 13.6. The zero-order valence-corrected chi connectivity index (χ0v) is 16.7. The summed E-state index contributed by atoms with van der Waals surface area (Å²) in [6.45, 7) is 2.30. The van der Waals surface area contributed by atoms with Crippen molar-refractivity contribution in [3.8, 4) is 0 Å². The molecule has 0 aromatic carbocycles. The van der Waals surface area contributed by atoms with Crippen LogP contribution in [0.4, 0.5) is 13.2 Å². The summed E-state index contributed by atoms with van der Waals surface area (Å²) in [7, 11) is 0. The Bertz CT molecular complexity index is 384. The van der Waals surface area contributed by atoms with E-state index >= 15 is 0 Å². The molecule has 3 aliphatic carbocycles. The second kappa shape index (κ2) is 9.82. The van der Waals surface area contributed by atoms with Gasteiger partial charge in [0.05, 0.1) is 0 Å². The fourth-order valence-electron chi connectivity index (χ4n) is 6.23. The van der Waals surface area contributed by atoms with E-state index in [9.17, 15) is 13.2 Å². The van der Waals surface area contributed by atoms with Crippen molar-refractivity contribution in [1.82, 2.24) is 0 Å². The van der Waals surface area contributed by atoms with Crippen molar-refractivity contribution >= 4 is 0 Å². The van der Waals surface area contributed by atoms with E-state index in [0.29, 0.717) is 0 Å². The minimum Gasteiger partial charge on any atom is -0.244 e. The molecule has 0 bridgehead atoms. The molecule has 3 fully saturated rings. The highest BCUT2D eigenvalue weighted by Gasteiger charge is 2.39. The van der Waals surface area contributed by atoms with Crippen LogP contribution in [0.5, 0.6) is 0 Å². The lowest BCUT2D eigenvalue weighted by molar-refractivity contribution is 0.0139. The summed E-state index contributed by atoms with van der Waals surface area (Å²) < 4.78 is 40.4. The number of alkyl halides is 3. The normalized spacial score (nSPS) is 44.8. The Kier molecular flexibility index (Phi) is 7.75. The van der Waals surface area contributed by atoms with Gasteiger partial charge in [-0.25, -0.2) is 13.2 Å². The fraction of sp³-hybridized carbons (Fsp3) is 1.00. The zero-order valence-electron chi connectivity index (χ0n) is 16.7. The quantitative estimate of drug-likeness (QED) is 0.450. The minimum absolute atomic E-state index is 0.0542. The van der Waals surface area contributed by atoms with Crippen molar-refractivity contribution in [3.63, 3.8) is 0 Å². The number of halogens is 3. The lowest BCUT2D eigenvalue weighted by Gasteiger charge is -2.38. The van der Waals surface area contributed by atoms with E-state index in [1.807, 2.05) is 0 Å². The molecule has 0 saturated heterocycles. The summed E-state index contributed by atoms with van der Waals surface area (Å²) in [6.07, 6.45) is 11.3. The first kappa shape index (κ1) is 20.5. The molecule has 0 aliphatic heterocycles. The van der Waals surface area contributed by atoms with Crippen LogP contribution >= 0.6 is 0 Å². The second-order valence-corrected chi connectivity index (χ2v) is 9.74. The van der Waals surface area contributed by atoms with E-state index in [4.69, 9.17) is 0 Å². The molecule has 0 aromatic rings. The highest BCUT2D eigenvalue weighted by atomic mass is 19.2. The van der Waals surface area contributed by atoms with E-state index in [-0.39, 0.29) is 18.8 Å². The van der Waals surface area contributed by atoms with Gasteiger partial charge in [0, 0.05) is 0 Å². The molecule has 3 heteroatoms. The average Bonchev–Trinajstić information content (AvgIpc) is 2.66. The van der Waals surface area contributed by atoms with Crippen LogP contribution in [0, 0.1) is 29.6 Å². The van der Waals surface area contributed by atoms with Gasteiger partial charge in [-0.3, -0.25) is 0 Å². The predicted molar refractivity (Wildman–Crippen MR) is 102 cm³/mol. The van der Waals surface area contributed by atoms with Crippen LogP contribution in [0.25, 0.3) is 0 Å². The van der Waals surface area contributed by atoms with Crippen LogP contribution in [0.15, 0.2) is 0 Å². The minimum atomic E-state index is -1.88. The molecule has 0 spiro atoms. The maximum atomic E-state index is 13.6. The highest BCUT2D eigenvalue weighted by molar-refractivity contribution is 4.88. The summed E-state index contributed by atoms with van der Waals surface area (Å²) in [5.41, 5.74) is 0. The van der Waals surface area contributed by atoms with Gasteiger partial charge in [-0.2, -0.15) is 0 Å². The third kappa shape index (κ3) is 5.41. The van der Waals surface area contributed by atoms with Crippen molar-refractivity contribution in [2.45, 2.75) is 115 Å². The molecular formula is C23H39F3. The second-order valence-electron chi connectivity index (χ2n) is 9.74. The maximum Gasteiger partial charge on any atom is 0.162 e. The van der Waals surface area contributed by atoms with E-state index in [1.165, 1.54) is 64.2 Å². The molecule has 26 heavy (non-hydrogen) atoms. The Morgan fingerprint density at radius 1 is 0.577 bits per heavy atom. The summed E-state index contributed by atoms with van der Waals surface area (Å²) in [6, 6.07) is 0. The largest absolute Gasteiger partial charge is 0.244 e. The van der Waals surface area contributed by atoms with Gasteiger partial charge in [0.2, 0.25) is 0 Å². The van der Waals surface area contributed by atoms with Crippen molar-refractivity contribution in [2.75, 3.05) is 0 Å². The summed E-state index contributed by atoms with van der Waals surface area (Å²) >= 11 is 0. The van der Waals surface area contributed by atoms with E-state index in [1.54, 1.807) is 0 Å². The zero-order chi connectivity index (χ0) is 18.5. The molecule has 3 aliphatic rings. The Morgan fingerprint density at radius 2 is 1.00 bits per heavy atom. The fourth-order valence-corrected chi connectivity index (χ4v) is 6.23. The highest BCUT2D eigenvalue weighted by Crippen LogP contribution is 2.43.